The average Bonchev–Trinajstić information content (AvgIpc) is 3.28. The van der Waals surface area contributed by atoms with Crippen molar-refractivity contribution in [2.45, 2.75) is 19.3 Å². The van der Waals surface area contributed by atoms with E-state index in [1.54, 1.807) is 24.8 Å². The molecule has 1 spiro atoms. The zero-order valence-corrected chi connectivity index (χ0v) is 19.2. The second-order valence-corrected chi connectivity index (χ2v) is 9.59. The molecule has 0 bridgehead atoms. The first kappa shape index (κ1) is 20.9. The number of rotatable bonds is 5. The monoisotopic (exact) mass is 453 g/mol. The number of pyridine rings is 3. The van der Waals surface area contributed by atoms with Gasteiger partial charge in [-0.1, -0.05) is 0 Å². The highest BCUT2D eigenvalue weighted by molar-refractivity contribution is 5.98. The van der Waals surface area contributed by atoms with Gasteiger partial charge in [-0.2, -0.15) is 0 Å². The molecule has 2 fully saturated rings. The van der Waals surface area contributed by atoms with Crippen molar-refractivity contribution in [3.63, 3.8) is 0 Å². The maximum atomic E-state index is 13.1. The number of nitrogens with one attached hydrogen (secondary N) is 1. The van der Waals surface area contributed by atoms with Crippen LogP contribution >= 0.6 is 0 Å². The molecule has 0 aromatic carbocycles. The molecule has 8 nitrogen and oxygen atoms in total. The number of anilines is 1. The Morgan fingerprint density at radius 1 is 1.06 bits per heavy atom. The van der Waals surface area contributed by atoms with Gasteiger partial charge >= 0.3 is 0 Å². The van der Waals surface area contributed by atoms with E-state index in [0.29, 0.717) is 11.0 Å². The molecule has 0 saturated carbocycles. The van der Waals surface area contributed by atoms with Crippen molar-refractivity contribution in [2.75, 3.05) is 31.1 Å². The Hall–Kier alpha value is -3.65. The number of imidazole rings is 1. The number of nitrogens with zero attached hydrogens (tertiary/aromatic N) is 6. The SMILES string of the molecule is Cn1cncc1-c1cnc2cnc(CC(=O)c3ccnc(N4CC5(CCNCC5)C4)c3)cc2c1. The Bertz CT molecular complexity index is 1360. The molecule has 0 radical (unpaired) electrons. The predicted octanol–water partition coefficient (Wildman–Crippen LogP) is 3.04. The van der Waals surface area contributed by atoms with Gasteiger partial charge in [0.1, 0.15) is 5.82 Å². The summed E-state index contributed by atoms with van der Waals surface area (Å²) in [6, 6.07) is 7.76. The summed E-state index contributed by atoms with van der Waals surface area (Å²) in [4.78, 5) is 33.1. The number of hydrogen-bond acceptors (Lipinski definition) is 7. The molecule has 0 aliphatic carbocycles. The largest absolute Gasteiger partial charge is 0.355 e. The van der Waals surface area contributed by atoms with E-state index >= 15 is 0 Å². The van der Waals surface area contributed by atoms with E-state index in [4.69, 9.17) is 0 Å². The van der Waals surface area contributed by atoms with Crippen molar-refractivity contribution in [2.24, 2.45) is 12.5 Å². The lowest BCUT2D eigenvalue weighted by Gasteiger charge is -2.53. The minimum absolute atomic E-state index is 0.0448. The molecule has 0 amide bonds. The van der Waals surface area contributed by atoms with Crippen LogP contribution in [-0.4, -0.2) is 56.5 Å². The van der Waals surface area contributed by atoms with E-state index in [2.05, 4.69) is 36.2 Å². The number of piperidine rings is 1. The van der Waals surface area contributed by atoms with Crippen LogP contribution < -0.4 is 10.2 Å². The molecule has 4 aromatic heterocycles. The topological polar surface area (TPSA) is 88.8 Å². The second-order valence-electron chi connectivity index (χ2n) is 9.59. The number of hydrogen-bond donors (Lipinski definition) is 1. The van der Waals surface area contributed by atoms with Crippen molar-refractivity contribution in [3.05, 3.63) is 66.6 Å². The fourth-order valence-electron chi connectivity index (χ4n) is 5.18. The maximum absolute atomic E-state index is 13.1. The molecule has 6 rings (SSSR count). The number of fused-ring (bicyclic) bond motifs is 1. The van der Waals surface area contributed by atoms with E-state index in [9.17, 15) is 4.79 Å². The number of ketones is 1. The van der Waals surface area contributed by atoms with Crippen LogP contribution in [0.25, 0.3) is 22.2 Å². The highest BCUT2D eigenvalue weighted by Crippen LogP contribution is 2.40. The van der Waals surface area contributed by atoms with Crippen LogP contribution in [0.2, 0.25) is 0 Å². The van der Waals surface area contributed by atoms with Crippen LogP contribution in [0, 0.1) is 5.41 Å². The van der Waals surface area contributed by atoms with Crippen molar-refractivity contribution < 1.29 is 4.79 Å². The van der Waals surface area contributed by atoms with E-state index in [-0.39, 0.29) is 12.2 Å². The fourth-order valence-corrected chi connectivity index (χ4v) is 5.18. The molecule has 2 saturated heterocycles. The molecular weight excluding hydrogens is 426 g/mol. The smallest absolute Gasteiger partial charge is 0.169 e. The van der Waals surface area contributed by atoms with Crippen LogP contribution in [0.3, 0.4) is 0 Å². The van der Waals surface area contributed by atoms with E-state index in [0.717, 1.165) is 59.9 Å². The Morgan fingerprint density at radius 3 is 2.71 bits per heavy atom. The Labute approximate surface area is 198 Å². The first-order valence-electron chi connectivity index (χ1n) is 11.7. The molecule has 4 aromatic rings. The number of Topliss-reactive ketones (excluding diaryl/α,β-unsaturated/α-hetero) is 1. The fraction of sp³-hybridized carbons (Fsp3) is 0.346. The summed E-state index contributed by atoms with van der Waals surface area (Å²) < 4.78 is 1.96. The summed E-state index contributed by atoms with van der Waals surface area (Å²) in [7, 11) is 1.96. The zero-order chi connectivity index (χ0) is 23.1. The molecule has 0 unspecified atom stereocenters. The maximum Gasteiger partial charge on any atom is 0.169 e. The molecule has 1 N–H and O–H groups in total. The highest BCUT2D eigenvalue weighted by Gasteiger charge is 2.43. The molecule has 6 heterocycles. The first-order valence-corrected chi connectivity index (χ1v) is 11.7. The Kier molecular flexibility index (Phi) is 5.10. The van der Waals surface area contributed by atoms with Crippen molar-refractivity contribution in [1.29, 1.82) is 0 Å². The number of carbonyl (C=O) groups is 1. The summed E-state index contributed by atoms with van der Waals surface area (Å²) >= 11 is 0. The number of aryl methyl sites for hydroxylation is 1. The first-order chi connectivity index (χ1) is 16.6. The van der Waals surface area contributed by atoms with E-state index in [1.807, 2.05) is 36.1 Å². The van der Waals surface area contributed by atoms with Gasteiger partial charge in [-0.25, -0.2) is 9.97 Å². The lowest BCUT2D eigenvalue weighted by Crippen LogP contribution is -2.60. The van der Waals surface area contributed by atoms with Crippen molar-refractivity contribution in [1.82, 2.24) is 29.8 Å². The van der Waals surface area contributed by atoms with E-state index < -0.39 is 0 Å². The number of carbonyl (C=O) groups excluding carboxylic acids is 1. The minimum atomic E-state index is 0.0448. The minimum Gasteiger partial charge on any atom is -0.355 e. The van der Waals surface area contributed by atoms with Gasteiger partial charge in [-0.05, 0) is 50.2 Å². The second kappa shape index (κ2) is 8.29. The van der Waals surface area contributed by atoms with Gasteiger partial charge < -0.3 is 14.8 Å². The van der Waals surface area contributed by atoms with E-state index in [1.165, 1.54) is 12.8 Å². The van der Waals surface area contributed by atoms with Crippen LogP contribution in [0.1, 0.15) is 28.9 Å². The number of aromatic nitrogens is 5. The van der Waals surface area contributed by atoms with Gasteiger partial charge in [0.15, 0.2) is 5.78 Å². The van der Waals surface area contributed by atoms with Crippen LogP contribution in [0.4, 0.5) is 5.82 Å². The summed E-state index contributed by atoms with van der Waals surface area (Å²) in [6.45, 7) is 4.24. The molecule has 172 valence electrons. The quantitative estimate of drug-likeness (QED) is 0.465. The van der Waals surface area contributed by atoms with Crippen LogP contribution in [-0.2, 0) is 13.5 Å². The normalized spacial score (nSPS) is 17.1. The molecule has 34 heavy (non-hydrogen) atoms. The summed E-state index contributed by atoms with van der Waals surface area (Å²) in [6.07, 6.45) is 11.6. The van der Waals surface area contributed by atoms with Gasteiger partial charge in [0.25, 0.3) is 0 Å². The lowest BCUT2D eigenvalue weighted by atomic mass is 9.72. The lowest BCUT2D eigenvalue weighted by molar-refractivity contribution is 0.0992. The molecule has 2 aliphatic rings. The summed E-state index contributed by atoms with van der Waals surface area (Å²) in [5.74, 6) is 0.940. The predicted molar refractivity (Wildman–Crippen MR) is 131 cm³/mol. The van der Waals surface area contributed by atoms with Crippen molar-refractivity contribution >= 4 is 22.5 Å². The average molecular weight is 454 g/mol. The molecule has 0 atom stereocenters. The van der Waals surface area contributed by atoms with Gasteiger partial charge in [0.2, 0.25) is 0 Å². The van der Waals surface area contributed by atoms with Gasteiger partial charge in [-0.15, -0.1) is 0 Å². The third-order valence-corrected chi connectivity index (χ3v) is 7.19. The molecule has 2 aliphatic heterocycles. The Balaban J connectivity index is 1.19. The van der Waals surface area contributed by atoms with Gasteiger partial charge in [0, 0.05) is 60.2 Å². The van der Waals surface area contributed by atoms with Crippen molar-refractivity contribution in [3.8, 4) is 11.3 Å². The van der Waals surface area contributed by atoms with Gasteiger partial charge in [0.05, 0.1) is 36.4 Å². The van der Waals surface area contributed by atoms with Crippen LogP contribution in [0.5, 0.6) is 0 Å². The standard InChI is InChI=1S/C26H27N7O/c1-32-17-28-14-23(32)20-8-19-9-21(30-13-22(19)31-12-20)11-24(34)18-2-5-29-25(10-18)33-15-26(16-33)3-6-27-7-4-26/h2,5,8-10,12-14,17,27H,3-4,6-7,11,15-16H2,1H3. The van der Waals surface area contributed by atoms with Gasteiger partial charge in [-0.3, -0.25) is 14.8 Å². The molecule has 8 heteroatoms. The third-order valence-electron chi connectivity index (χ3n) is 7.19. The summed E-state index contributed by atoms with van der Waals surface area (Å²) in [5, 5.41) is 4.40. The Morgan fingerprint density at radius 2 is 1.91 bits per heavy atom. The summed E-state index contributed by atoms with van der Waals surface area (Å²) in [5.41, 5.74) is 4.61. The highest BCUT2D eigenvalue weighted by atomic mass is 16.1. The van der Waals surface area contributed by atoms with Crippen LogP contribution in [0.15, 0.2) is 55.4 Å². The molecular formula is C26H27N7O. The zero-order valence-electron chi connectivity index (χ0n) is 19.2. The third kappa shape index (κ3) is 3.84.